The molecule has 1 heterocycles. The molecule has 0 saturated carbocycles. The van der Waals surface area contributed by atoms with Gasteiger partial charge in [-0.3, -0.25) is 19.4 Å². The summed E-state index contributed by atoms with van der Waals surface area (Å²) in [5.41, 5.74) is 7.69. The van der Waals surface area contributed by atoms with E-state index in [4.69, 9.17) is 33.4 Å². The molecule has 8 N–H and O–H groups in total. The average molecular weight is 746 g/mol. The molecule has 16 nitrogen and oxygen atoms in total. The normalized spacial score (nSPS) is 14.5. The molecule has 0 bridgehead atoms. The highest BCUT2D eigenvalue weighted by Crippen LogP contribution is 2.42. The predicted molar refractivity (Wildman–Crippen MR) is 190 cm³/mol. The van der Waals surface area contributed by atoms with Gasteiger partial charge in [0, 0.05) is 31.9 Å². The number of ether oxygens (including phenoxy) is 1. The summed E-state index contributed by atoms with van der Waals surface area (Å²) >= 11 is 0. The lowest BCUT2D eigenvalue weighted by Crippen LogP contribution is -2.66. The number of sulfone groups is 1. The molecule has 282 valence electrons. The molecule has 1 aliphatic rings. The smallest absolute Gasteiger partial charge is 0.409 e. The van der Waals surface area contributed by atoms with Crippen molar-refractivity contribution in [2.45, 2.75) is 76.0 Å². The van der Waals surface area contributed by atoms with Crippen molar-refractivity contribution in [1.82, 2.24) is 10.2 Å². The van der Waals surface area contributed by atoms with E-state index < -0.39 is 43.6 Å². The Labute approximate surface area is 294 Å². The zero-order chi connectivity index (χ0) is 38.6. The molecule has 0 spiro atoms. The number of carboxylic acid groups (broad SMARTS) is 1. The molecule has 18 heteroatoms. The first kappa shape index (κ1) is 44.2. The number of rotatable bonds is 10. The molecular weight excluding hydrogens is 695 g/mol. The third-order valence-corrected chi connectivity index (χ3v) is 9.98. The summed E-state index contributed by atoms with van der Waals surface area (Å²) < 4.78 is 65.3. The highest BCUT2D eigenvalue weighted by molar-refractivity contribution is 7.94. The predicted octanol–water partition coefficient (Wildman–Crippen LogP) is 3.40. The van der Waals surface area contributed by atoms with Crippen LogP contribution in [-0.4, -0.2) is 103 Å². The number of anilines is 1. The van der Waals surface area contributed by atoms with Crippen molar-refractivity contribution >= 4 is 43.9 Å². The van der Waals surface area contributed by atoms with E-state index in [0.29, 0.717) is 22.6 Å². The van der Waals surface area contributed by atoms with Crippen LogP contribution in [0.4, 0.5) is 10.5 Å². The van der Waals surface area contributed by atoms with Crippen LogP contribution in [0.2, 0.25) is 0 Å². The molecular formula is C32H51N5O11S2. The Kier molecular flexibility index (Phi) is 16.8. The fourth-order valence-corrected chi connectivity index (χ4v) is 7.50. The van der Waals surface area contributed by atoms with E-state index in [9.17, 15) is 28.2 Å². The lowest BCUT2D eigenvalue weighted by Gasteiger charge is -2.40. The van der Waals surface area contributed by atoms with Crippen LogP contribution < -0.4 is 16.0 Å². The van der Waals surface area contributed by atoms with Crippen molar-refractivity contribution in [3.63, 3.8) is 0 Å². The standard InChI is InChI=1S/C25H35N3O5S.C7H14N2O2.H2O4S/c1-15(2)18-12-20(16(3)4)22(21(13-18)17(5)6)34(32,33)25(14-29,23(30)31)28(24(26)27)19-10-8-7-9-11-19;1-2-11-7(10)9-5-3-8-4-6-9;1-5(2,3)4/h7-13,15-17,29H,14H2,1-6H3,(H3,26,27)(H,30,31);8H,2-6H2,1H3;(H2,1,2,3,4)/t25-;;/m1../s1. The maximum Gasteiger partial charge on any atom is 0.409 e. The van der Waals surface area contributed by atoms with Gasteiger partial charge in [0.15, 0.2) is 5.96 Å². The first-order valence-electron chi connectivity index (χ1n) is 15.9. The first-order chi connectivity index (χ1) is 23.1. The van der Waals surface area contributed by atoms with Crippen molar-refractivity contribution in [3.05, 3.63) is 59.2 Å². The monoisotopic (exact) mass is 745 g/mol. The summed E-state index contributed by atoms with van der Waals surface area (Å²) in [7, 11) is -9.51. The van der Waals surface area contributed by atoms with Crippen LogP contribution >= 0.6 is 0 Å². The number of amides is 1. The number of carbonyl (C=O) groups is 2. The minimum absolute atomic E-state index is 0.0611. The molecule has 0 aliphatic carbocycles. The molecule has 1 fully saturated rings. The molecule has 0 radical (unpaired) electrons. The largest absolute Gasteiger partial charge is 0.479 e. The number of nitrogens with zero attached hydrogens (tertiary/aromatic N) is 2. The number of piperazine rings is 1. The molecule has 1 atom stereocenters. The highest BCUT2D eigenvalue weighted by Gasteiger charge is 2.59. The minimum atomic E-state index is -4.84. The molecule has 2 aromatic carbocycles. The van der Waals surface area contributed by atoms with Crippen molar-refractivity contribution in [2.24, 2.45) is 5.73 Å². The molecule has 1 aliphatic heterocycles. The molecule has 1 amide bonds. The number of aliphatic hydroxyl groups excluding tert-OH is 1. The quantitative estimate of drug-likeness (QED) is 0.104. The van der Waals surface area contributed by atoms with E-state index in [-0.39, 0.29) is 34.4 Å². The fraction of sp³-hybridized carbons (Fsp3) is 0.531. The second kappa shape index (κ2) is 19.0. The van der Waals surface area contributed by atoms with Gasteiger partial charge in [0.1, 0.15) is 0 Å². The first-order valence-corrected chi connectivity index (χ1v) is 18.7. The van der Waals surface area contributed by atoms with E-state index in [0.717, 1.165) is 31.7 Å². The molecule has 0 unspecified atom stereocenters. The van der Waals surface area contributed by atoms with Gasteiger partial charge >= 0.3 is 22.5 Å². The Balaban J connectivity index is 0.000000640. The molecule has 50 heavy (non-hydrogen) atoms. The van der Waals surface area contributed by atoms with Crippen LogP contribution in [0.25, 0.3) is 0 Å². The van der Waals surface area contributed by atoms with E-state index in [1.165, 1.54) is 12.1 Å². The fourth-order valence-electron chi connectivity index (χ4n) is 5.10. The van der Waals surface area contributed by atoms with Crippen LogP contribution in [-0.2, 0) is 29.8 Å². The van der Waals surface area contributed by atoms with E-state index in [2.05, 4.69) is 5.32 Å². The maximum atomic E-state index is 14.4. The molecule has 0 aromatic heterocycles. The number of aliphatic carboxylic acids is 1. The van der Waals surface area contributed by atoms with Crippen LogP contribution in [0.1, 0.15) is 82.9 Å². The number of carboxylic acids is 1. The summed E-state index contributed by atoms with van der Waals surface area (Å²) in [6.07, 6.45) is -0.186. The second-order valence-electron chi connectivity index (χ2n) is 12.2. The number of hydrogen-bond acceptors (Lipinski definition) is 10. The van der Waals surface area contributed by atoms with Crippen molar-refractivity contribution in [2.75, 3.05) is 44.3 Å². The SMILES string of the molecule is CC(C)c1cc(C(C)C)c(S(=O)(=O)[C@](CO)(C(=O)O)N(C(=N)N)c2ccccc2)c(C(C)C)c1.CCOC(=O)N1CCNCC1.O=S(=O)(O)O. The summed E-state index contributed by atoms with van der Waals surface area (Å²) in [5.74, 6) is -3.04. The zero-order valence-electron chi connectivity index (χ0n) is 29.5. The average Bonchev–Trinajstić information content (AvgIpc) is 3.02. The Morgan fingerprint density at radius 2 is 1.42 bits per heavy atom. The molecule has 2 aromatic rings. The van der Waals surface area contributed by atoms with Crippen molar-refractivity contribution in [3.8, 4) is 0 Å². The van der Waals surface area contributed by atoms with Gasteiger partial charge in [-0.15, -0.1) is 0 Å². The van der Waals surface area contributed by atoms with Gasteiger partial charge < -0.3 is 30.9 Å². The third-order valence-electron chi connectivity index (χ3n) is 7.60. The Hall–Kier alpha value is -3.81. The van der Waals surface area contributed by atoms with Crippen LogP contribution in [0, 0.1) is 5.41 Å². The number of hydrogen-bond donors (Lipinski definition) is 7. The zero-order valence-corrected chi connectivity index (χ0v) is 31.1. The molecule has 1 saturated heterocycles. The lowest BCUT2D eigenvalue weighted by atomic mass is 9.89. The number of benzene rings is 2. The summed E-state index contributed by atoms with van der Waals surface area (Å²) in [5, 5.41) is 32.1. The van der Waals surface area contributed by atoms with Gasteiger partial charge in [0.2, 0.25) is 9.84 Å². The number of nitrogens with one attached hydrogen (secondary N) is 2. The van der Waals surface area contributed by atoms with Gasteiger partial charge in [-0.25, -0.2) is 18.0 Å². The van der Waals surface area contributed by atoms with Crippen LogP contribution in [0.3, 0.4) is 0 Å². The minimum Gasteiger partial charge on any atom is -0.479 e. The summed E-state index contributed by atoms with van der Waals surface area (Å²) in [4.78, 5) is 23.2. The maximum absolute atomic E-state index is 14.4. The summed E-state index contributed by atoms with van der Waals surface area (Å²) in [6, 6.07) is 11.3. The van der Waals surface area contributed by atoms with E-state index in [1.54, 1.807) is 35.2 Å². The van der Waals surface area contributed by atoms with Crippen LogP contribution in [0.15, 0.2) is 47.4 Å². The van der Waals surface area contributed by atoms with Gasteiger partial charge in [0.05, 0.1) is 18.1 Å². The summed E-state index contributed by atoms with van der Waals surface area (Å²) in [6.45, 7) is 15.6. The van der Waals surface area contributed by atoms with Crippen LogP contribution in [0.5, 0.6) is 0 Å². The third kappa shape index (κ3) is 11.4. The highest BCUT2D eigenvalue weighted by atomic mass is 32.3. The molecule has 3 rings (SSSR count). The second-order valence-corrected chi connectivity index (χ2v) is 15.2. The number of aliphatic hydroxyl groups is 1. The Morgan fingerprint density at radius 3 is 1.76 bits per heavy atom. The number of guanidine groups is 1. The number of para-hydroxylation sites is 1. The van der Waals surface area contributed by atoms with E-state index >= 15 is 0 Å². The van der Waals surface area contributed by atoms with E-state index in [1.807, 2.05) is 48.5 Å². The van der Waals surface area contributed by atoms with Gasteiger partial charge in [-0.2, -0.15) is 8.42 Å². The number of nitrogens with two attached hydrogens (primary N) is 1. The topological polar surface area (TPSA) is 261 Å². The van der Waals surface area contributed by atoms with Gasteiger partial charge in [-0.05, 0) is 53.5 Å². The van der Waals surface area contributed by atoms with Crippen molar-refractivity contribution in [1.29, 1.82) is 5.41 Å². The van der Waals surface area contributed by atoms with Gasteiger partial charge in [-0.1, -0.05) is 71.9 Å². The van der Waals surface area contributed by atoms with Crippen molar-refractivity contribution < 1.29 is 50.5 Å². The number of carbonyl (C=O) groups excluding carboxylic acids is 1. The van der Waals surface area contributed by atoms with Gasteiger partial charge in [0.25, 0.3) is 4.87 Å². The Morgan fingerprint density at radius 1 is 0.960 bits per heavy atom. The Bertz CT molecular complexity index is 1630. The lowest BCUT2D eigenvalue weighted by molar-refractivity contribution is -0.140.